The molecule has 2 bridgehead atoms. The fourth-order valence-electron chi connectivity index (χ4n) is 9.40. The van der Waals surface area contributed by atoms with Crippen LogP contribution in [-0.4, -0.2) is 101 Å². The summed E-state index contributed by atoms with van der Waals surface area (Å²) in [6, 6.07) is 8.09. The van der Waals surface area contributed by atoms with E-state index in [1.54, 1.807) is 64.6 Å². The second kappa shape index (κ2) is 15.5. The molecule has 0 aromatic carbocycles. The van der Waals surface area contributed by atoms with Gasteiger partial charge >= 0.3 is 5.97 Å². The Balaban J connectivity index is 0.000000142. The van der Waals surface area contributed by atoms with E-state index in [0.29, 0.717) is 49.1 Å². The number of rotatable bonds is 8. The molecular weight excluding hydrogens is 831 g/mol. The van der Waals surface area contributed by atoms with Crippen LogP contribution in [0.3, 0.4) is 0 Å². The minimum absolute atomic E-state index is 0.0358. The Morgan fingerprint density at radius 1 is 0.790 bits per heavy atom. The highest BCUT2D eigenvalue weighted by Gasteiger charge is 2.44. The van der Waals surface area contributed by atoms with Gasteiger partial charge in [0.05, 0.1) is 84.5 Å². The molecule has 4 atom stereocenters. The van der Waals surface area contributed by atoms with E-state index in [4.69, 9.17) is 14.2 Å². The first-order valence-corrected chi connectivity index (χ1v) is 22.2. The molecule has 19 heteroatoms. The number of amides is 1. The molecule has 0 radical (unpaired) electrons. The molecule has 17 nitrogen and oxygen atoms in total. The average molecular weight is 872 g/mol. The monoisotopic (exact) mass is 871 g/mol. The molecule has 12 rings (SSSR count). The summed E-state index contributed by atoms with van der Waals surface area (Å²) in [5.41, 5.74) is 5.93. The zero-order chi connectivity index (χ0) is 42.1. The van der Waals surface area contributed by atoms with Gasteiger partial charge < -0.3 is 34.9 Å². The van der Waals surface area contributed by atoms with Crippen molar-refractivity contribution in [1.29, 1.82) is 0 Å². The fourth-order valence-corrected chi connectivity index (χ4v) is 11.9. The molecule has 4 aliphatic rings. The van der Waals surface area contributed by atoms with Crippen molar-refractivity contribution in [2.24, 2.45) is 11.8 Å². The van der Waals surface area contributed by atoms with E-state index >= 15 is 0 Å². The van der Waals surface area contributed by atoms with E-state index in [0.717, 1.165) is 91.3 Å². The van der Waals surface area contributed by atoms with Gasteiger partial charge in [-0.2, -0.15) is 10.2 Å². The molecule has 0 unspecified atom stereocenters. The summed E-state index contributed by atoms with van der Waals surface area (Å²) >= 11 is 3.25. The number of nitrogens with one attached hydrogen (secondary N) is 2. The summed E-state index contributed by atoms with van der Waals surface area (Å²) < 4.78 is 20.3. The first kappa shape index (κ1) is 38.5. The van der Waals surface area contributed by atoms with Crippen LogP contribution in [0.2, 0.25) is 0 Å². The van der Waals surface area contributed by atoms with Gasteiger partial charge in [0.1, 0.15) is 34.0 Å². The third-order valence-electron chi connectivity index (χ3n) is 12.5. The summed E-state index contributed by atoms with van der Waals surface area (Å²) in [5, 5.41) is 26.8. The lowest BCUT2D eigenvalue weighted by Crippen LogP contribution is -2.45. The molecule has 0 saturated carbocycles. The third kappa shape index (κ3) is 6.70. The number of carbonyl (C=O) groups excluding carboxylic acids is 1. The number of ether oxygens (including phenoxy) is 3. The highest BCUT2D eigenvalue weighted by molar-refractivity contribution is 7.19. The number of nitrogens with zero attached hydrogens (tertiary/aromatic N) is 9. The predicted octanol–water partition coefficient (Wildman–Crippen LogP) is 6.48. The molecule has 3 N–H and O–H groups in total. The molecule has 2 aliphatic carbocycles. The van der Waals surface area contributed by atoms with Gasteiger partial charge in [-0.15, -0.1) is 22.7 Å². The van der Waals surface area contributed by atoms with Gasteiger partial charge in [0.15, 0.2) is 11.5 Å². The number of likely N-dealkylation sites (tertiary alicyclic amines) is 1. The van der Waals surface area contributed by atoms with Gasteiger partial charge in [0.25, 0.3) is 0 Å². The maximum absolute atomic E-state index is 13.3. The van der Waals surface area contributed by atoms with E-state index < -0.39 is 5.97 Å². The fraction of sp³-hybridized carbons (Fsp3) is 0.349. The number of pyridine rings is 2. The zero-order valence-electron chi connectivity index (χ0n) is 33.8. The topological polar surface area (TPSA) is 196 Å². The molecule has 2 saturated heterocycles. The Hall–Kier alpha value is -6.44. The van der Waals surface area contributed by atoms with Crippen LogP contribution in [0.1, 0.15) is 40.1 Å². The molecule has 1 amide bonds. The highest BCUT2D eigenvalue weighted by atomic mass is 32.1. The van der Waals surface area contributed by atoms with E-state index in [9.17, 15) is 14.7 Å². The van der Waals surface area contributed by atoms with Crippen LogP contribution in [0.5, 0.6) is 11.5 Å². The number of aryl methyl sites for hydroxylation is 2. The van der Waals surface area contributed by atoms with E-state index in [2.05, 4.69) is 45.7 Å². The second-order valence-electron chi connectivity index (χ2n) is 16.0. The minimum Gasteiger partial charge on any atom is -0.493 e. The number of carbonyl (C=O) groups is 2. The second-order valence-corrected chi connectivity index (χ2v) is 18.2. The van der Waals surface area contributed by atoms with Crippen LogP contribution in [0.25, 0.3) is 31.5 Å². The number of thiophene rings is 2. The van der Waals surface area contributed by atoms with Gasteiger partial charge in [-0.05, 0) is 80.3 Å². The van der Waals surface area contributed by atoms with Gasteiger partial charge in [-0.1, -0.05) is 0 Å². The van der Waals surface area contributed by atoms with Crippen LogP contribution in [0, 0.1) is 11.8 Å². The maximum Gasteiger partial charge on any atom is 0.306 e. The van der Waals surface area contributed by atoms with E-state index in [1.807, 2.05) is 36.7 Å². The molecule has 10 heterocycles. The van der Waals surface area contributed by atoms with Crippen molar-refractivity contribution in [3.05, 3.63) is 82.6 Å². The standard InChI is InChI=1S/C24H24N6O3S.C19H17N5O3S/c1-32-19-10-30-14(4-5-27-30)8-18(19)28-22-21-17-3-2-13(6-20(17)34-23(21)26-12-25-22)24(31)29-9-16-7-15(29)11-33-16;1-27-14-8-24-11(4-5-22-24)7-13(14)23-17-16-12-3-2-10(19(25)26)6-15(12)28-18(16)21-9-20-17/h4-5,8,10,12-13,15-16H,2-3,6-7,9,11H2,1H3,(H,25,26,28);4-5,7-10H,2-3,6H2,1H3,(H,25,26)(H,20,21,23)/t13-,15-,16-;10-/m00/s1. The highest BCUT2D eigenvalue weighted by Crippen LogP contribution is 2.44. The lowest BCUT2D eigenvalue weighted by atomic mass is 9.86. The number of carboxylic acids is 1. The number of anilines is 4. The van der Waals surface area contributed by atoms with E-state index in [1.165, 1.54) is 16.8 Å². The number of hydrogen-bond acceptors (Lipinski definition) is 15. The lowest BCUT2D eigenvalue weighted by molar-refractivity contribution is -0.142. The van der Waals surface area contributed by atoms with Crippen LogP contribution >= 0.6 is 22.7 Å². The Morgan fingerprint density at radius 3 is 1.84 bits per heavy atom. The Kier molecular flexibility index (Phi) is 9.61. The van der Waals surface area contributed by atoms with Crippen molar-refractivity contribution in [2.45, 2.75) is 57.1 Å². The van der Waals surface area contributed by atoms with Crippen LogP contribution in [0.15, 0.2) is 61.7 Å². The number of aromatic nitrogens is 8. The molecule has 2 fully saturated rings. The Morgan fingerprint density at radius 2 is 1.34 bits per heavy atom. The third-order valence-corrected chi connectivity index (χ3v) is 14.8. The molecule has 62 heavy (non-hydrogen) atoms. The number of methoxy groups -OCH3 is 2. The Bertz CT molecular complexity index is 3050. The van der Waals surface area contributed by atoms with Gasteiger partial charge in [0, 0.05) is 34.6 Å². The number of hydrogen-bond donors (Lipinski definition) is 3. The quantitative estimate of drug-likeness (QED) is 0.150. The van der Waals surface area contributed by atoms with Crippen LogP contribution in [0.4, 0.5) is 23.0 Å². The largest absolute Gasteiger partial charge is 0.493 e. The molecule has 2 aliphatic heterocycles. The van der Waals surface area contributed by atoms with Crippen molar-refractivity contribution in [3.8, 4) is 11.5 Å². The smallest absolute Gasteiger partial charge is 0.306 e. The summed E-state index contributed by atoms with van der Waals surface area (Å²) in [4.78, 5) is 49.0. The zero-order valence-corrected chi connectivity index (χ0v) is 35.4. The normalized spacial score (nSPS) is 20.3. The summed E-state index contributed by atoms with van der Waals surface area (Å²) in [6.45, 7) is 1.44. The molecule has 8 aromatic rings. The van der Waals surface area contributed by atoms with Crippen molar-refractivity contribution in [2.75, 3.05) is 38.0 Å². The van der Waals surface area contributed by atoms with Crippen LogP contribution < -0.4 is 20.1 Å². The number of morpholine rings is 1. The maximum atomic E-state index is 13.3. The molecule has 0 spiro atoms. The average Bonchev–Trinajstić information content (AvgIpc) is 4.16. The van der Waals surface area contributed by atoms with Crippen molar-refractivity contribution in [1.82, 2.24) is 44.1 Å². The SMILES string of the molecule is COc1cn2nccc2cc1Nc1ncnc2sc3c(c12)CC[C@H](C(=O)N1C[C@@H]2C[C@H]1CO2)C3.COc1cn2nccc2cc1Nc1ncnc2sc3c(c12)CC[C@H](C(=O)O)C3. The first-order chi connectivity index (χ1) is 30.3. The van der Waals surface area contributed by atoms with E-state index in [-0.39, 0.29) is 24.0 Å². The molecule has 8 aromatic heterocycles. The van der Waals surface area contributed by atoms with Crippen molar-refractivity contribution < 1.29 is 28.9 Å². The lowest BCUT2D eigenvalue weighted by Gasteiger charge is -2.32. The predicted molar refractivity (Wildman–Crippen MR) is 233 cm³/mol. The minimum atomic E-state index is -0.730. The summed E-state index contributed by atoms with van der Waals surface area (Å²) in [6.07, 6.45) is 15.9. The van der Waals surface area contributed by atoms with Gasteiger partial charge in [0.2, 0.25) is 5.91 Å². The van der Waals surface area contributed by atoms with Crippen LogP contribution in [-0.2, 0) is 40.0 Å². The molecule has 316 valence electrons. The number of fused-ring (bicyclic) bond motifs is 10. The number of aliphatic carboxylic acids is 1. The van der Waals surface area contributed by atoms with Crippen molar-refractivity contribution in [3.63, 3.8) is 0 Å². The van der Waals surface area contributed by atoms with Gasteiger partial charge in [-0.3, -0.25) is 9.59 Å². The molecular formula is C43H41N11O6S2. The van der Waals surface area contributed by atoms with Gasteiger partial charge in [-0.25, -0.2) is 29.0 Å². The summed E-state index contributed by atoms with van der Waals surface area (Å²) in [5.74, 6) is 2.08. The first-order valence-electron chi connectivity index (χ1n) is 20.5. The summed E-state index contributed by atoms with van der Waals surface area (Å²) in [7, 11) is 3.26. The van der Waals surface area contributed by atoms with Crippen molar-refractivity contribution >= 4 is 89.0 Å². The number of carboxylic acid groups (broad SMARTS) is 1. The Labute approximate surface area is 361 Å².